The molecule has 5 atom stereocenters. The van der Waals surface area contributed by atoms with E-state index in [9.17, 15) is 24.0 Å². The topological polar surface area (TPSA) is 148 Å². The minimum Gasteiger partial charge on any atom is -0.444 e. The zero-order chi connectivity index (χ0) is 27.7. The second-order valence-corrected chi connectivity index (χ2v) is 12.5. The van der Waals surface area contributed by atoms with Crippen LogP contribution in [0.5, 0.6) is 0 Å². The lowest BCUT2D eigenvalue weighted by Gasteiger charge is -2.37. The van der Waals surface area contributed by atoms with Crippen molar-refractivity contribution in [1.82, 2.24) is 15.5 Å². The van der Waals surface area contributed by atoms with Gasteiger partial charge >= 0.3 is 6.09 Å². The molecule has 1 heterocycles. The lowest BCUT2D eigenvalue weighted by atomic mass is 9.83. The van der Waals surface area contributed by atoms with Crippen molar-refractivity contribution >= 4 is 29.6 Å². The van der Waals surface area contributed by atoms with Crippen LogP contribution in [0.1, 0.15) is 86.5 Å². The van der Waals surface area contributed by atoms with Crippen LogP contribution in [0, 0.1) is 23.2 Å². The molecule has 0 aromatic rings. The minimum absolute atomic E-state index is 0.0494. The number of fused-ring (bicyclic) bond motifs is 1. The molecule has 0 bridgehead atoms. The molecule has 0 spiro atoms. The normalized spacial score (nSPS) is 26.4. The third-order valence-electron chi connectivity index (χ3n) is 8.27. The molecule has 1 aliphatic heterocycles. The third-order valence-corrected chi connectivity index (χ3v) is 8.27. The van der Waals surface area contributed by atoms with E-state index in [0.717, 1.165) is 32.1 Å². The van der Waals surface area contributed by atoms with Gasteiger partial charge in [0.1, 0.15) is 17.7 Å². The minimum atomic E-state index is -1.10. The third kappa shape index (κ3) is 6.44. The van der Waals surface area contributed by atoms with Crippen molar-refractivity contribution in [3.63, 3.8) is 0 Å². The number of primary amides is 1. The van der Waals surface area contributed by atoms with E-state index < -0.39 is 47.4 Å². The predicted molar refractivity (Wildman–Crippen MR) is 137 cm³/mol. The molecule has 0 aromatic heterocycles. The monoisotopic (exact) mass is 520 g/mol. The van der Waals surface area contributed by atoms with Crippen LogP contribution in [0.25, 0.3) is 0 Å². The summed E-state index contributed by atoms with van der Waals surface area (Å²) in [5.41, 5.74) is 4.36. The number of nitrogens with two attached hydrogens (primary N) is 1. The fourth-order valence-electron chi connectivity index (χ4n) is 6.26. The average molecular weight is 521 g/mol. The van der Waals surface area contributed by atoms with E-state index in [2.05, 4.69) is 24.5 Å². The van der Waals surface area contributed by atoms with Gasteiger partial charge in [-0.1, -0.05) is 46.5 Å². The van der Waals surface area contributed by atoms with Crippen LogP contribution in [0.3, 0.4) is 0 Å². The van der Waals surface area contributed by atoms with Crippen molar-refractivity contribution in [2.75, 3.05) is 6.54 Å². The summed E-state index contributed by atoms with van der Waals surface area (Å²) in [6.07, 6.45) is 4.83. The number of likely N-dealkylation sites (tertiary alicyclic amines) is 1. The van der Waals surface area contributed by atoms with Crippen LogP contribution < -0.4 is 16.4 Å². The van der Waals surface area contributed by atoms with Crippen LogP contribution in [0.15, 0.2) is 0 Å². The van der Waals surface area contributed by atoms with Gasteiger partial charge in [-0.3, -0.25) is 19.2 Å². The number of rotatable bonds is 9. The molecule has 0 radical (unpaired) electrons. The lowest BCUT2D eigenvalue weighted by Crippen LogP contribution is -2.59. The number of carbonyl (C=O) groups excluding carboxylic acids is 5. The van der Waals surface area contributed by atoms with Crippen molar-refractivity contribution in [2.24, 2.45) is 28.9 Å². The van der Waals surface area contributed by atoms with Crippen molar-refractivity contribution in [1.29, 1.82) is 0 Å². The van der Waals surface area contributed by atoms with Gasteiger partial charge < -0.3 is 26.0 Å². The van der Waals surface area contributed by atoms with Gasteiger partial charge in [0.05, 0.1) is 6.04 Å². The molecule has 3 rings (SSSR count). The maximum absolute atomic E-state index is 14.0. The van der Waals surface area contributed by atoms with Crippen LogP contribution in [0.2, 0.25) is 0 Å². The first kappa shape index (κ1) is 28.9. The molecule has 10 heteroatoms. The highest BCUT2D eigenvalue weighted by atomic mass is 16.6. The van der Waals surface area contributed by atoms with Crippen LogP contribution in [0.4, 0.5) is 4.79 Å². The summed E-state index contributed by atoms with van der Waals surface area (Å²) in [4.78, 5) is 65.8. The first-order valence-corrected chi connectivity index (χ1v) is 13.6. The van der Waals surface area contributed by atoms with Crippen LogP contribution in [-0.2, 0) is 23.9 Å². The predicted octanol–water partition coefficient (Wildman–Crippen LogP) is 2.28. The van der Waals surface area contributed by atoms with Crippen molar-refractivity contribution in [2.45, 2.75) is 110 Å². The second kappa shape index (κ2) is 11.0. The van der Waals surface area contributed by atoms with E-state index in [1.54, 1.807) is 25.7 Å². The number of carbonyl (C=O) groups is 5. The summed E-state index contributed by atoms with van der Waals surface area (Å²) in [6.45, 7) is 11.7. The molecular weight excluding hydrogens is 476 g/mol. The zero-order valence-corrected chi connectivity index (χ0v) is 23.1. The molecule has 4 N–H and O–H groups in total. The summed E-state index contributed by atoms with van der Waals surface area (Å²) in [5, 5.41) is 5.54. The number of nitrogens with one attached hydrogen (secondary N) is 2. The number of amides is 4. The number of hydrogen-bond acceptors (Lipinski definition) is 6. The molecule has 2 saturated carbocycles. The number of nitrogens with zero attached hydrogens (tertiary/aromatic N) is 1. The standard InChI is InChI=1S/C27H44N4O6/c1-7-11-17(21(32)22(28)33)29-23(34)20-18-16(27(18,5)6)14-31(20)24(35)19(15-12-9-8-10-13-15)30-25(36)37-26(2,3)4/h15-20H,7-14H2,1-6H3,(H2,28,33)(H,29,34)(H,30,36)/t16?,17?,18?,19-,20-/m0/s1. The number of ketones is 1. The Labute approximate surface area is 219 Å². The van der Waals surface area contributed by atoms with Gasteiger partial charge in [-0.15, -0.1) is 0 Å². The van der Waals surface area contributed by atoms with Gasteiger partial charge in [0.15, 0.2) is 0 Å². The first-order valence-electron chi connectivity index (χ1n) is 13.6. The molecule has 3 aliphatic rings. The van der Waals surface area contributed by atoms with Crippen molar-refractivity contribution in [3.05, 3.63) is 0 Å². The molecule has 2 aliphatic carbocycles. The number of piperidine rings is 1. The summed E-state index contributed by atoms with van der Waals surface area (Å²) < 4.78 is 5.46. The highest BCUT2D eigenvalue weighted by molar-refractivity contribution is 6.37. The van der Waals surface area contributed by atoms with E-state index >= 15 is 0 Å². The Morgan fingerprint density at radius 2 is 1.68 bits per heavy atom. The van der Waals surface area contributed by atoms with Crippen molar-refractivity contribution < 1.29 is 28.7 Å². The summed E-state index contributed by atoms with van der Waals surface area (Å²) in [7, 11) is 0. The van der Waals surface area contributed by atoms with E-state index in [1.165, 1.54) is 0 Å². The lowest BCUT2D eigenvalue weighted by molar-refractivity contribution is -0.144. The summed E-state index contributed by atoms with van der Waals surface area (Å²) >= 11 is 0. The molecular formula is C27H44N4O6. The van der Waals surface area contributed by atoms with Crippen LogP contribution in [-0.4, -0.2) is 64.8 Å². The summed E-state index contributed by atoms with van der Waals surface area (Å²) in [6, 6.07) is -2.62. The van der Waals surface area contributed by atoms with Gasteiger partial charge in [0, 0.05) is 6.54 Å². The molecule has 4 amide bonds. The SMILES string of the molecule is CCCC(NC(=O)[C@@H]1C2C(CN1C(=O)[C@@H](NC(=O)OC(C)(C)C)C1CCCCC1)C2(C)C)C(=O)C(N)=O. The van der Waals surface area contributed by atoms with Gasteiger partial charge in [-0.05, 0) is 63.2 Å². The summed E-state index contributed by atoms with van der Waals surface area (Å²) in [5.74, 6) is -2.68. The van der Waals surface area contributed by atoms with Gasteiger partial charge in [0.2, 0.25) is 17.6 Å². The highest BCUT2D eigenvalue weighted by Crippen LogP contribution is 2.65. The first-order chi connectivity index (χ1) is 17.2. The zero-order valence-electron chi connectivity index (χ0n) is 23.1. The molecule has 3 fully saturated rings. The molecule has 37 heavy (non-hydrogen) atoms. The number of ether oxygens (including phenoxy) is 1. The molecule has 1 saturated heterocycles. The molecule has 208 valence electrons. The number of Topliss-reactive ketones (excluding diaryl/α,β-unsaturated/α-hetero) is 1. The Bertz CT molecular complexity index is 920. The van der Waals surface area contributed by atoms with Gasteiger partial charge in [-0.2, -0.15) is 0 Å². The molecule has 10 nitrogen and oxygen atoms in total. The van der Waals surface area contributed by atoms with E-state index in [4.69, 9.17) is 10.5 Å². The van der Waals surface area contributed by atoms with Crippen molar-refractivity contribution in [3.8, 4) is 0 Å². The molecule has 3 unspecified atom stereocenters. The maximum atomic E-state index is 14.0. The maximum Gasteiger partial charge on any atom is 0.408 e. The Morgan fingerprint density at radius 1 is 1.05 bits per heavy atom. The molecule has 0 aromatic carbocycles. The fourth-order valence-corrected chi connectivity index (χ4v) is 6.26. The Morgan fingerprint density at radius 3 is 2.22 bits per heavy atom. The van der Waals surface area contributed by atoms with E-state index in [1.807, 2.05) is 6.92 Å². The Balaban J connectivity index is 1.85. The van der Waals surface area contributed by atoms with Gasteiger partial charge in [0.25, 0.3) is 5.91 Å². The van der Waals surface area contributed by atoms with E-state index in [-0.39, 0.29) is 35.5 Å². The highest BCUT2D eigenvalue weighted by Gasteiger charge is 2.69. The number of alkyl carbamates (subject to hydrolysis) is 1. The Hall–Kier alpha value is -2.65. The smallest absolute Gasteiger partial charge is 0.408 e. The van der Waals surface area contributed by atoms with Gasteiger partial charge in [-0.25, -0.2) is 4.79 Å². The second-order valence-electron chi connectivity index (χ2n) is 12.5. The average Bonchev–Trinajstić information content (AvgIpc) is 3.14. The number of hydrogen-bond donors (Lipinski definition) is 3. The largest absolute Gasteiger partial charge is 0.444 e. The van der Waals surface area contributed by atoms with Crippen LogP contribution >= 0.6 is 0 Å². The Kier molecular flexibility index (Phi) is 8.59. The van der Waals surface area contributed by atoms with E-state index in [0.29, 0.717) is 13.0 Å². The fraction of sp³-hybridized carbons (Fsp3) is 0.815. The quantitative estimate of drug-likeness (QED) is 0.397.